The van der Waals surface area contributed by atoms with E-state index in [1.807, 2.05) is 13.0 Å². The summed E-state index contributed by atoms with van der Waals surface area (Å²) >= 11 is 0. The highest BCUT2D eigenvalue weighted by molar-refractivity contribution is 5.72. The molecule has 72 valence electrons. The molecule has 13 heavy (non-hydrogen) atoms. The summed E-state index contributed by atoms with van der Waals surface area (Å²) in [5, 5.41) is 11.6. The number of carboxylic acid groups (broad SMARTS) is 1. The molecule has 0 amide bonds. The van der Waals surface area contributed by atoms with E-state index in [9.17, 15) is 4.79 Å². The molecule has 0 bridgehead atoms. The molecule has 0 aliphatic rings. The van der Waals surface area contributed by atoms with Crippen molar-refractivity contribution >= 4 is 5.97 Å². The molecule has 0 aliphatic heterocycles. The Morgan fingerprint density at radius 3 is 2.77 bits per heavy atom. The number of hydrogen-bond acceptors (Lipinski definition) is 3. The highest BCUT2D eigenvalue weighted by atomic mass is 16.4. The lowest BCUT2D eigenvalue weighted by Crippen LogP contribution is -2.35. The SMILES string of the molecule is CC(NC(C)c1ccoc1)C(=O)O. The van der Waals surface area contributed by atoms with Crippen LogP contribution in [0, 0.1) is 0 Å². The molecule has 0 fully saturated rings. The van der Waals surface area contributed by atoms with Gasteiger partial charge in [0.15, 0.2) is 0 Å². The molecule has 2 atom stereocenters. The van der Waals surface area contributed by atoms with Crippen LogP contribution >= 0.6 is 0 Å². The van der Waals surface area contributed by atoms with Crippen LogP contribution in [-0.4, -0.2) is 17.1 Å². The molecule has 0 radical (unpaired) electrons. The maximum absolute atomic E-state index is 10.5. The van der Waals surface area contributed by atoms with Crippen LogP contribution in [0.3, 0.4) is 0 Å². The molecule has 0 aliphatic carbocycles. The molecule has 0 saturated carbocycles. The van der Waals surface area contributed by atoms with Gasteiger partial charge in [-0.2, -0.15) is 0 Å². The number of furan rings is 1. The average Bonchev–Trinajstić information content (AvgIpc) is 2.55. The van der Waals surface area contributed by atoms with Crippen LogP contribution in [0.25, 0.3) is 0 Å². The van der Waals surface area contributed by atoms with E-state index in [2.05, 4.69) is 5.32 Å². The zero-order valence-electron chi connectivity index (χ0n) is 7.65. The van der Waals surface area contributed by atoms with Crippen LogP contribution in [0.15, 0.2) is 23.0 Å². The van der Waals surface area contributed by atoms with E-state index >= 15 is 0 Å². The molecule has 4 heteroatoms. The van der Waals surface area contributed by atoms with Gasteiger partial charge in [0.1, 0.15) is 6.04 Å². The van der Waals surface area contributed by atoms with E-state index in [-0.39, 0.29) is 6.04 Å². The van der Waals surface area contributed by atoms with E-state index in [0.29, 0.717) is 0 Å². The average molecular weight is 183 g/mol. The molecule has 1 aromatic heterocycles. The quantitative estimate of drug-likeness (QED) is 0.740. The molecular weight excluding hydrogens is 170 g/mol. The van der Waals surface area contributed by atoms with Crippen LogP contribution in [-0.2, 0) is 4.79 Å². The predicted octanol–water partition coefficient (Wildman–Crippen LogP) is 1.40. The molecule has 1 rings (SSSR count). The van der Waals surface area contributed by atoms with Crippen LogP contribution in [0.4, 0.5) is 0 Å². The van der Waals surface area contributed by atoms with Crippen molar-refractivity contribution in [3.63, 3.8) is 0 Å². The van der Waals surface area contributed by atoms with E-state index in [1.54, 1.807) is 19.5 Å². The molecule has 2 N–H and O–H groups in total. The summed E-state index contributed by atoms with van der Waals surface area (Å²) in [6.07, 6.45) is 3.17. The van der Waals surface area contributed by atoms with Crippen molar-refractivity contribution in [2.24, 2.45) is 0 Å². The zero-order chi connectivity index (χ0) is 9.84. The Morgan fingerprint density at radius 2 is 2.31 bits per heavy atom. The third kappa shape index (κ3) is 2.59. The summed E-state index contributed by atoms with van der Waals surface area (Å²) in [6.45, 7) is 3.50. The van der Waals surface area contributed by atoms with Gasteiger partial charge in [0.2, 0.25) is 0 Å². The number of rotatable bonds is 4. The van der Waals surface area contributed by atoms with E-state index in [1.165, 1.54) is 0 Å². The van der Waals surface area contributed by atoms with Gasteiger partial charge in [-0.3, -0.25) is 10.1 Å². The van der Waals surface area contributed by atoms with Crippen molar-refractivity contribution in [1.82, 2.24) is 5.32 Å². The number of nitrogens with one attached hydrogen (secondary N) is 1. The van der Waals surface area contributed by atoms with Crippen LogP contribution < -0.4 is 5.32 Å². The first-order chi connectivity index (χ1) is 6.11. The number of hydrogen-bond donors (Lipinski definition) is 2. The number of aliphatic carboxylic acids is 1. The first-order valence-corrected chi connectivity index (χ1v) is 4.12. The van der Waals surface area contributed by atoms with Crippen molar-refractivity contribution in [2.45, 2.75) is 25.9 Å². The maximum atomic E-state index is 10.5. The molecular formula is C9H13NO3. The summed E-state index contributed by atoms with van der Waals surface area (Å²) < 4.78 is 4.89. The molecule has 1 heterocycles. The fourth-order valence-corrected chi connectivity index (χ4v) is 1.06. The van der Waals surface area contributed by atoms with Crippen LogP contribution in [0.5, 0.6) is 0 Å². The van der Waals surface area contributed by atoms with Crippen LogP contribution in [0.1, 0.15) is 25.5 Å². The summed E-state index contributed by atoms with van der Waals surface area (Å²) in [5.41, 5.74) is 0.952. The Kier molecular flexibility index (Phi) is 3.08. The van der Waals surface area contributed by atoms with Gasteiger partial charge in [-0.15, -0.1) is 0 Å². The maximum Gasteiger partial charge on any atom is 0.320 e. The van der Waals surface area contributed by atoms with Gasteiger partial charge in [-0.1, -0.05) is 0 Å². The first kappa shape index (κ1) is 9.80. The van der Waals surface area contributed by atoms with Gasteiger partial charge < -0.3 is 9.52 Å². The third-order valence-electron chi connectivity index (χ3n) is 1.91. The standard InChI is InChI=1S/C9H13NO3/c1-6(8-3-4-13-5-8)10-7(2)9(11)12/h3-7,10H,1-2H3,(H,11,12). The second kappa shape index (κ2) is 4.09. The minimum atomic E-state index is -0.852. The van der Waals surface area contributed by atoms with Gasteiger partial charge in [0, 0.05) is 11.6 Å². The minimum absolute atomic E-state index is 0.00940. The zero-order valence-corrected chi connectivity index (χ0v) is 7.65. The monoisotopic (exact) mass is 183 g/mol. The lowest BCUT2D eigenvalue weighted by Gasteiger charge is -2.15. The van der Waals surface area contributed by atoms with E-state index in [0.717, 1.165) is 5.56 Å². The Hall–Kier alpha value is -1.29. The summed E-state index contributed by atoms with van der Waals surface area (Å²) in [4.78, 5) is 10.5. The Morgan fingerprint density at radius 1 is 1.62 bits per heavy atom. The highest BCUT2D eigenvalue weighted by Gasteiger charge is 2.15. The Labute approximate surface area is 76.6 Å². The molecule has 1 aromatic rings. The highest BCUT2D eigenvalue weighted by Crippen LogP contribution is 2.12. The number of carbonyl (C=O) groups is 1. The van der Waals surface area contributed by atoms with Gasteiger partial charge in [0.05, 0.1) is 12.5 Å². The van der Waals surface area contributed by atoms with Crippen molar-refractivity contribution in [2.75, 3.05) is 0 Å². The van der Waals surface area contributed by atoms with Crippen molar-refractivity contribution in [3.05, 3.63) is 24.2 Å². The fraction of sp³-hybridized carbons (Fsp3) is 0.444. The number of carboxylic acids is 1. The largest absolute Gasteiger partial charge is 0.480 e. The van der Waals surface area contributed by atoms with Crippen molar-refractivity contribution < 1.29 is 14.3 Å². The predicted molar refractivity (Wildman–Crippen MR) is 47.4 cm³/mol. The topological polar surface area (TPSA) is 62.5 Å². The van der Waals surface area contributed by atoms with Crippen LogP contribution in [0.2, 0.25) is 0 Å². The summed E-state index contributed by atoms with van der Waals surface area (Å²) in [5.74, 6) is -0.852. The van der Waals surface area contributed by atoms with E-state index in [4.69, 9.17) is 9.52 Å². The van der Waals surface area contributed by atoms with Gasteiger partial charge in [-0.05, 0) is 19.9 Å². The minimum Gasteiger partial charge on any atom is -0.480 e. The molecule has 0 spiro atoms. The van der Waals surface area contributed by atoms with Crippen molar-refractivity contribution in [1.29, 1.82) is 0 Å². The van der Waals surface area contributed by atoms with E-state index < -0.39 is 12.0 Å². The molecule has 0 saturated heterocycles. The second-order valence-corrected chi connectivity index (χ2v) is 3.00. The lowest BCUT2D eigenvalue weighted by molar-refractivity contribution is -0.139. The summed E-state index contributed by atoms with van der Waals surface area (Å²) in [7, 11) is 0. The normalized spacial score (nSPS) is 15.2. The summed E-state index contributed by atoms with van der Waals surface area (Å²) in [6, 6.07) is 1.25. The van der Waals surface area contributed by atoms with Gasteiger partial charge in [-0.25, -0.2) is 0 Å². The molecule has 4 nitrogen and oxygen atoms in total. The second-order valence-electron chi connectivity index (χ2n) is 3.00. The third-order valence-corrected chi connectivity index (χ3v) is 1.91. The lowest BCUT2D eigenvalue weighted by atomic mass is 10.1. The smallest absolute Gasteiger partial charge is 0.320 e. The first-order valence-electron chi connectivity index (χ1n) is 4.12. The Balaban J connectivity index is 2.51. The Bertz CT molecular complexity index is 268. The molecule has 2 unspecified atom stereocenters. The fourth-order valence-electron chi connectivity index (χ4n) is 1.06. The molecule has 0 aromatic carbocycles. The van der Waals surface area contributed by atoms with Crippen molar-refractivity contribution in [3.8, 4) is 0 Å². The van der Waals surface area contributed by atoms with Gasteiger partial charge in [0.25, 0.3) is 0 Å². The van der Waals surface area contributed by atoms with Gasteiger partial charge >= 0.3 is 5.97 Å².